The normalized spacial score (nSPS) is 10.9. The van der Waals surface area contributed by atoms with Gasteiger partial charge in [0.1, 0.15) is 6.26 Å². The van der Waals surface area contributed by atoms with E-state index in [9.17, 15) is 8.42 Å². The highest BCUT2D eigenvalue weighted by Crippen LogP contribution is 2.14. The molecule has 1 heterocycles. The SMILES string of the molecule is O=S(=O)(NCc1ccon1)c1ccccc1C#CCCO. The Morgan fingerprint density at radius 2 is 2.10 bits per heavy atom. The summed E-state index contributed by atoms with van der Waals surface area (Å²) >= 11 is 0. The standard InChI is InChI=1S/C14H14N2O4S/c17-9-4-3-6-12-5-1-2-7-14(12)21(18,19)15-11-13-8-10-20-16-13/h1-2,5,7-8,10,15,17H,4,9,11H2. The minimum absolute atomic E-state index is 0.0389. The molecule has 2 aromatic rings. The van der Waals surface area contributed by atoms with Gasteiger partial charge in [-0.3, -0.25) is 0 Å². The van der Waals surface area contributed by atoms with Gasteiger partial charge in [0, 0.05) is 18.1 Å². The van der Waals surface area contributed by atoms with Gasteiger partial charge in [0.2, 0.25) is 10.0 Å². The van der Waals surface area contributed by atoms with Crippen LogP contribution in [0.15, 0.2) is 46.0 Å². The van der Waals surface area contributed by atoms with Crippen molar-refractivity contribution >= 4 is 10.0 Å². The Balaban J connectivity index is 2.21. The van der Waals surface area contributed by atoms with Crippen molar-refractivity contribution in [3.63, 3.8) is 0 Å². The molecule has 0 saturated heterocycles. The number of hydrogen-bond donors (Lipinski definition) is 2. The lowest BCUT2D eigenvalue weighted by atomic mass is 10.2. The maximum atomic E-state index is 12.3. The van der Waals surface area contributed by atoms with Gasteiger partial charge in [-0.25, -0.2) is 13.1 Å². The van der Waals surface area contributed by atoms with Crippen LogP contribution in [0, 0.1) is 11.8 Å². The molecular weight excluding hydrogens is 292 g/mol. The van der Waals surface area contributed by atoms with Crippen LogP contribution in [-0.2, 0) is 16.6 Å². The van der Waals surface area contributed by atoms with Crippen LogP contribution < -0.4 is 4.72 Å². The van der Waals surface area contributed by atoms with E-state index in [1.54, 1.807) is 24.3 Å². The molecule has 0 aliphatic carbocycles. The van der Waals surface area contributed by atoms with Crippen molar-refractivity contribution < 1.29 is 18.0 Å². The first-order chi connectivity index (χ1) is 10.1. The molecule has 1 aromatic heterocycles. The van der Waals surface area contributed by atoms with Crippen LogP contribution in [0.1, 0.15) is 17.7 Å². The summed E-state index contributed by atoms with van der Waals surface area (Å²) in [6, 6.07) is 8.01. The summed E-state index contributed by atoms with van der Waals surface area (Å²) in [6.45, 7) is -0.0242. The summed E-state index contributed by atoms with van der Waals surface area (Å²) in [6.07, 6.45) is 1.67. The zero-order valence-electron chi connectivity index (χ0n) is 11.1. The van der Waals surface area contributed by atoms with Crippen LogP contribution in [0.2, 0.25) is 0 Å². The van der Waals surface area contributed by atoms with Gasteiger partial charge in [-0.2, -0.15) is 0 Å². The van der Waals surface area contributed by atoms with Gasteiger partial charge >= 0.3 is 0 Å². The molecule has 0 unspecified atom stereocenters. The lowest BCUT2D eigenvalue weighted by Crippen LogP contribution is -2.24. The molecule has 0 saturated carbocycles. The van der Waals surface area contributed by atoms with Crippen molar-refractivity contribution in [3.8, 4) is 11.8 Å². The molecule has 7 heteroatoms. The quantitative estimate of drug-likeness (QED) is 0.800. The van der Waals surface area contributed by atoms with Crippen LogP contribution in [0.5, 0.6) is 0 Å². The second-order valence-corrected chi connectivity index (χ2v) is 5.82. The molecule has 1 aromatic carbocycles. The van der Waals surface area contributed by atoms with E-state index in [1.165, 1.54) is 12.3 Å². The van der Waals surface area contributed by atoms with Gasteiger partial charge in [0.15, 0.2) is 0 Å². The average molecular weight is 306 g/mol. The van der Waals surface area contributed by atoms with Crippen molar-refractivity contribution in [2.45, 2.75) is 17.9 Å². The molecule has 0 fully saturated rings. The van der Waals surface area contributed by atoms with E-state index in [1.807, 2.05) is 0 Å². The molecule has 2 rings (SSSR count). The summed E-state index contributed by atoms with van der Waals surface area (Å²) in [7, 11) is -3.70. The number of aliphatic hydroxyl groups excluding tert-OH is 1. The number of nitrogens with one attached hydrogen (secondary N) is 1. The maximum Gasteiger partial charge on any atom is 0.242 e. The van der Waals surface area contributed by atoms with E-state index >= 15 is 0 Å². The highest BCUT2D eigenvalue weighted by Gasteiger charge is 2.17. The third-order valence-electron chi connectivity index (χ3n) is 2.57. The molecule has 2 N–H and O–H groups in total. The van der Waals surface area contributed by atoms with E-state index < -0.39 is 10.0 Å². The van der Waals surface area contributed by atoms with E-state index in [0.717, 1.165) is 0 Å². The average Bonchev–Trinajstić information content (AvgIpc) is 2.99. The fraction of sp³-hybridized carbons (Fsp3) is 0.214. The zero-order chi connectivity index (χ0) is 15.1. The number of nitrogens with zero attached hydrogens (tertiary/aromatic N) is 1. The number of aromatic nitrogens is 1. The summed E-state index contributed by atoms with van der Waals surface area (Å²) in [5.41, 5.74) is 0.876. The predicted molar refractivity (Wildman–Crippen MR) is 75.6 cm³/mol. The van der Waals surface area contributed by atoms with E-state index in [4.69, 9.17) is 5.11 Å². The largest absolute Gasteiger partial charge is 0.395 e. The summed E-state index contributed by atoms with van der Waals surface area (Å²) in [5, 5.41) is 12.4. The third-order valence-corrected chi connectivity index (χ3v) is 4.03. The molecule has 0 radical (unpaired) electrons. The fourth-order valence-corrected chi connectivity index (χ4v) is 2.75. The van der Waals surface area contributed by atoms with Gasteiger partial charge in [-0.1, -0.05) is 29.1 Å². The molecule has 21 heavy (non-hydrogen) atoms. The first-order valence-corrected chi connectivity index (χ1v) is 7.69. The zero-order valence-corrected chi connectivity index (χ0v) is 11.9. The summed E-state index contributed by atoms with van der Waals surface area (Å²) in [5.74, 6) is 5.46. The van der Waals surface area contributed by atoms with Crippen molar-refractivity contribution in [2.24, 2.45) is 0 Å². The minimum atomic E-state index is -3.70. The number of sulfonamides is 1. The van der Waals surface area contributed by atoms with E-state index in [2.05, 4.69) is 26.2 Å². The Bertz CT molecular complexity index is 743. The molecule has 0 spiro atoms. The molecule has 0 atom stereocenters. The first-order valence-electron chi connectivity index (χ1n) is 6.21. The van der Waals surface area contributed by atoms with Crippen LogP contribution in [0.25, 0.3) is 0 Å². The van der Waals surface area contributed by atoms with Crippen molar-refractivity contribution in [3.05, 3.63) is 47.9 Å². The molecule has 110 valence electrons. The summed E-state index contributed by atoms with van der Waals surface area (Å²) in [4.78, 5) is 0.0962. The Morgan fingerprint density at radius 3 is 2.81 bits per heavy atom. The minimum Gasteiger partial charge on any atom is -0.395 e. The number of benzene rings is 1. The second-order valence-electron chi connectivity index (χ2n) is 4.09. The highest BCUT2D eigenvalue weighted by atomic mass is 32.2. The monoisotopic (exact) mass is 306 g/mol. The molecule has 0 aliphatic heterocycles. The van der Waals surface area contributed by atoms with Gasteiger partial charge < -0.3 is 9.63 Å². The molecular formula is C14H14N2O4S. The summed E-state index contributed by atoms with van der Waals surface area (Å²) < 4.78 is 31.7. The Morgan fingerprint density at radius 1 is 1.29 bits per heavy atom. The number of hydrogen-bond acceptors (Lipinski definition) is 5. The molecule has 0 aliphatic rings. The first kappa shape index (κ1) is 15.3. The maximum absolute atomic E-state index is 12.3. The van der Waals surface area contributed by atoms with Crippen LogP contribution >= 0.6 is 0 Å². The van der Waals surface area contributed by atoms with Crippen molar-refractivity contribution in [1.29, 1.82) is 0 Å². The lowest BCUT2D eigenvalue weighted by Gasteiger charge is -2.07. The van der Waals surface area contributed by atoms with Crippen molar-refractivity contribution in [1.82, 2.24) is 9.88 Å². The molecule has 0 bridgehead atoms. The highest BCUT2D eigenvalue weighted by molar-refractivity contribution is 7.89. The fourth-order valence-electron chi connectivity index (χ4n) is 1.59. The number of rotatable bonds is 5. The van der Waals surface area contributed by atoms with Crippen LogP contribution in [0.4, 0.5) is 0 Å². The predicted octanol–water partition coefficient (Wildman–Crippen LogP) is 0.887. The Hall–Kier alpha value is -2.14. The topological polar surface area (TPSA) is 92.4 Å². The van der Waals surface area contributed by atoms with E-state index in [0.29, 0.717) is 17.7 Å². The Labute approximate surface area is 122 Å². The van der Waals surface area contributed by atoms with Gasteiger partial charge in [-0.15, -0.1) is 0 Å². The van der Waals surface area contributed by atoms with Gasteiger partial charge in [0.25, 0.3) is 0 Å². The van der Waals surface area contributed by atoms with Crippen LogP contribution in [0.3, 0.4) is 0 Å². The van der Waals surface area contributed by atoms with Crippen molar-refractivity contribution in [2.75, 3.05) is 6.61 Å². The third kappa shape index (κ3) is 4.16. The van der Waals surface area contributed by atoms with Gasteiger partial charge in [-0.05, 0) is 12.1 Å². The number of aliphatic hydroxyl groups is 1. The lowest BCUT2D eigenvalue weighted by molar-refractivity contribution is 0.305. The Kier molecular flexibility index (Phi) is 5.11. The smallest absolute Gasteiger partial charge is 0.242 e. The van der Waals surface area contributed by atoms with E-state index in [-0.39, 0.29) is 18.0 Å². The second kappa shape index (κ2) is 7.04. The molecule has 6 nitrogen and oxygen atoms in total. The molecule has 0 amide bonds. The van der Waals surface area contributed by atoms with Gasteiger partial charge in [0.05, 0.1) is 23.7 Å². The van der Waals surface area contributed by atoms with Crippen LogP contribution in [-0.4, -0.2) is 25.3 Å².